The first kappa shape index (κ1) is 17.4. The Hall–Kier alpha value is -2.43. The van der Waals surface area contributed by atoms with Crippen molar-refractivity contribution < 1.29 is 13.9 Å². The number of halogens is 1. The van der Waals surface area contributed by atoms with Crippen LogP contribution in [0.5, 0.6) is 5.88 Å². The fourth-order valence-electron chi connectivity index (χ4n) is 3.60. The van der Waals surface area contributed by atoms with Gasteiger partial charge in [0, 0.05) is 6.07 Å². The molecule has 5 heteroatoms. The van der Waals surface area contributed by atoms with Crippen molar-refractivity contribution in [1.29, 1.82) is 0 Å². The van der Waals surface area contributed by atoms with Gasteiger partial charge in [0.2, 0.25) is 11.8 Å². The molecule has 1 aromatic carbocycles. The third-order valence-electron chi connectivity index (χ3n) is 5.06. The summed E-state index contributed by atoms with van der Waals surface area (Å²) in [6, 6.07) is 9.87. The minimum absolute atomic E-state index is 0.0473. The van der Waals surface area contributed by atoms with Crippen molar-refractivity contribution in [3.8, 4) is 5.88 Å². The molecule has 0 radical (unpaired) electrons. The van der Waals surface area contributed by atoms with Crippen LogP contribution in [0.1, 0.15) is 43.4 Å². The summed E-state index contributed by atoms with van der Waals surface area (Å²) in [6.07, 6.45) is 4.65. The fourth-order valence-corrected chi connectivity index (χ4v) is 3.60. The van der Waals surface area contributed by atoms with Crippen LogP contribution in [0.3, 0.4) is 0 Å². The van der Waals surface area contributed by atoms with E-state index in [1.807, 2.05) is 6.92 Å². The number of aromatic nitrogens is 1. The molecular formula is C20H23FN2O2. The second-order valence-electron chi connectivity index (χ2n) is 6.59. The number of rotatable bonds is 4. The zero-order chi connectivity index (χ0) is 17.9. The van der Waals surface area contributed by atoms with Gasteiger partial charge in [-0.3, -0.25) is 4.79 Å². The van der Waals surface area contributed by atoms with Gasteiger partial charge in [0.05, 0.1) is 23.9 Å². The molecule has 1 aliphatic rings. The maximum atomic E-state index is 13.3. The van der Waals surface area contributed by atoms with Gasteiger partial charge in [-0.1, -0.05) is 31.4 Å². The molecule has 4 nitrogen and oxygen atoms in total. The van der Waals surface area contributed by atoms with Crippen LogP contribution >= 0.6 is 0 Å². The van der Waals surface area contributed by atoms with Crippen LogP contribution in [0.2, 0.25) is 0 Å². The number of nitrogens with one attached hydrogen (secondary N) is 1. The Labute approximate surface area is 147 Å². The number of benzene rings is 1. The molecule has 1 heterocycles. The standard InChI is InChI=1S/C20H23FN2O2/c1-14-17(10-11-18(22-14)25-2)23-19(24)20(12-4-3-5-13-20)15-6-8-16(21)9-7-15/h6-11H,3-5,12-13H2,1-2H3,(H,23,24). The summed E-state index contributed by atoms with van der Waals surface area (Å²) < 4.78 is 18.4. The molecule has 1 aromatic heterocycles. The van der Waals surface area contributed by atoms with Crippen molar-refractivity contribution in [2.45, 2.75) is 44.4 Å². The minimum atomic E-state index is -0.613. The minimum Gasteiger partial charge on any atom is -0.481 e. The molecule has 0 spiro atoms. The number of anilines is 1. The van der Waals surface area contributed by atoms with Crippen molar-refractivity contribution in [3.05, 3.63) is 53.5 Å². The van der Waals surface area contributed by atoms with Gasteiger partial charge in [-0.15, -0.1) is 0 Å². The van der Waals surface area contributed by atoms with Crippen LogP contribution < -0.4 is 10.1 Å². The van der Waals surface area contributed by atoms with Gasteiger partial charge in [-0.2, -0.15) is 0 Å². The van der Waals surface area contributed by atoms with E-state index in [0.717, 1.165) is 37.7 Å². The molecule has 1 amide bonds. The number of methoxy groups -OCH3 is 1. The summed E-state index contributed by atoms with van der Waals surface area (Å²) in [5, 5.41) is 3.03. The molecule has 0 bridgehead atoms. The van der Waals surface area contributed by atoms with E-state index in [1.54, 1.807) is 31.4 Å². The van der Waals surface area contributed by atoms with Crippen molar-refractivity contribution in [2.75, 3.05) is 12.4 Å². The maximum absolute atomic E-state index is 13.3. The lowest BCUT2D eigenvalue weighted by Gasteiger charge is -2.36. The number of ether oxygens (including phenoxy) is 1. The Kier molecular flexibility index (Phi) is 5.02. The van der Waals surface area contributed by atoms with Crippen molar-refractivity contribution in [1.82, 2.24) is 4.98 Å². The molecule has 3 rings (SSSR count). The molecule has 1 fully saturated rings. The number of pyridine rings is 1. The van der Waals surface area contributed by atoms with Crippen LogP contribution in [0.15, 0.2) is 36.4 Å². The summed E-state index contributed by atoms with van der Waals surface area (Å²) in [7, 11) is 1.56. The summed E-state index contributed by atoms with van der Waals surface area (Å²) in [5.41, 5.74) is 1.65. The molecule has 0 saturated heterocycles. The second kappa shape index (κ2) is 7.21. The first-order valence-electron chi connectivity index (χ1n) is 8.64. The van der Waals surface area contributed by atoms with Crippen LogP contribution in [0, 0.1) is 12.7 Å². The largest absolute Gasteiger partial charge is 0.481 e. The zero-order valence-electron chi connectivity index (χ0n) is 14.6. The zero-order valence-corrected chi connectivity index (χ0v) is 14.6. The smallest absolute Gasteiger partial charge is 0.235 e. The fraction of sp³-hybridized carbons (Fsp3) is 0.400. The van der Waals surface area contributed by atoms with E-state index >= 15 is 0 Å². The molecule has 2 aromatic rings. The predicted octanol–water partition coefficient (Wildman–Crippen LogP) is 4.38. The molecular weight excluding hydrogens is 319 g/mol. The summed E-state index contributed by atoms with van der Waals surface area (Å²) in [5.74, 6) is 0.181. The Morgan fingerprint density at radius 3 is 2.40 bits per heavy atom. The van der Waals surface area contributed by atoms with Gasteiger partial charge in [-0.25, -0.2) is 9.37 Å². The molecule has 132 valence electrons. The number of nitrogens with zero attached hydrogens (tertiary/aromatic N) is 1. The molecule has 1 saturated carbocycles. The molecule has 0 atom stereocenters. The second-order valence-corrected chi connectivity index (χ2v) is 6.59. The molecule has 1 N–H and O–H groups in total. The molecule has 25 heavy (non-hydrogen) atoms. The van der Waals surface area contributed by atoms with Crippen LogP contribution in [-0.2, 0) is 10.2 Å². The van der Waals surface area contributed by atoms with Crippen LogP contribution in [0.4, 0.5) is 10.1 Å². The Morgan fingerprint density at radius 1 is 1.12 bits per heavy atom. The number of carbonyl (C=O) groups is 1. The highest BCUT2D eigenvalue weighted by Crippen LogP contribution is 2.40. The van der Waals surface area contributed by atoms with Gasteiger partial charge in [0.15, 0.2) is 0 Å². The number of hydrogen-bond donors (Lipinski definition) is 1. The van der Waals surface area contributed by atoms with Gasteiger partial charge in [-0.05, 0) is 43.5 Å². The third kappa shape index (κ3) is 3.50. The van der Waals surface area contributed by atoms with Crippen molar-refractivity contribution in [3.63, 3.8) is 0 Å². The monoisotopic (exact) mass is 342 g/mol. The van der Waals surface area contributed by atoms with Gasteiger partial charge in [0.1, 0.15) is 5.82 Å². The van der Waals surface area contributed by atoms with E-state index in [1.165, 1.54) is 12.1 Å². The third-order valence-corrected chi connectivity index (χ3v) is 5.06. The van der Waals surface area contributed by atoms with Crippen LogP contribution in [0.25, 0.3) is 0 Å². The van der Waals surface area contributed by atoms with Crippen molar-refractivity contribution in [2.24, 2.45) is 0 Å². The first-order valence-corrected chi connectivity index (χ1v) is 8.64. The highest BCUT2D eigenvalue weighted by Gasteiger charge is 2.41. The average Bonchev–Trinajstić information content (AvgIpc) is 2.64. The van der Waals surface area contributed by atoms with E-state index in [0.29, 0.717) is 17.3 Å². The summed E-state index contributed by atoms with van der Waals surface area (Å²) >= 11 is 0. The lowest BCUT2D eigenvalue weighted by molar-refractivity contribution is -0.122. The van der Waals surface area contributed by atoms with Crippen molar-refractivity contribution >= 4 is 11.6 Å². The van der Waals surface area contributed by atoms with E-state index in [4.69, 9.17) is 4.74 Å². The lowest BCUT2D eigenvalue weighted by Crippen LogP contribution is -2.42. The van der Waals surface area contributed by atoms with E-state index < -0.39 is 5.41 Å². The quantitative estimate of drug-likeness (QED) is 0.897. The van der Waals surface area contributed by atoms with E-state index in [9.17, 15) is 9.18 Å². The highest BCUT2D eigenvalue weighted by molar-refractivity contribution is 5.99. The summed E-state index contributed by atoms with van der Waals surface area (Å²) in [4.78, 5) is 17.5. The molecule has 0 unspecified atom stereocenters. The van der Waals surface area contributed by atoms with Gasteiger partial charge in [0.25, 0.3) is 0 Å². The Bertz CT molecular complexity index is 753. The normalized spacial score (nSPS) is 16.3. The number of aryl methyl sites for hydroxylation is 1. The van der Waals surface area contributed by atoms with Crippen LogP contribution in [-0.4, -0.2) is 18.0 Å². The summed E-state index contributed by atoms with van der Waals surface area (Å²) in [6.45, 7) is 1.84. The SMILES string of the molecule is COc1ccc(NC(=O)C2(c3ccc(F)cc3)CCCCC2)c(C)n1. The predicted molar refractivity (Wildman–Crippen MR) is 95.3 cm³/mol. The van der Waals surface area contributed by atoms with Gasteiger partial charge >= 0.3 is 0 Å². The maximum Gasteiger partial charge on any atom is 0.235 e. The van der Waals surface area contributed by atoms with E-state index in [2.05, 4.69) is 10.3 Å². The Balaban J connectivity index is 1.91. The Morgan fingerprint density at radius 2 is 1.80 bits per heavy atom. The number of carbonyl (C=O) groups excluding carboxylic acids is 1. The lowest BCUT2D eigenvalue weighted by atomic mass is 9.68. The van der Waals surface area contributed by atoms with Gasteiger partial charge < -0.3 is 10.1 Å². The highest BCUT2D eigenvalue weighted by atomic mass is 19.1. The topological polar surface area (TPSA) is 51.2 Å². The first-order chi connectivity index (χ1) is 12.0. The number of hydrogen-bond acceptors (Lipinski definition) is 3. The molecule has 0 aliphatic heterocycles. The average molecular weight is 342 g/mol. The van der Waals surface area contributed by atoms with E-state index in [-0.39, 0.29) is 11.7 Å². The number of amides is 1. The molecule has 1 aliphatic carbocycles.